The molecule has 0 heterocycles. The molecule has 17 heavy (non-hydrogen) atoms. The molecular weight excluding hydrogens is 212 g/mol. The van der Waals surface area contributed by atoms with Crippen LogP contribution in [0.3, 0.4) is 0 Å². The van der Waals surface area contributed by atoms with Crippen molar-refractivity contribution in [2.75, 3.05) is 0 Å². The summed E-state index contributed by atoms with van der Waals surface area (Å²) < 4.78 is 0. The van der Waals surface area contributed by atoms with Crippen LogP contribution >= 0.6 is 0 Å². The molecule has 1 N–H and O–H groups in total. The first kappa shape index (κ1) is 12.7. The van der Waals surface area contributed by atoms with E-state index in [2.05, 4.69) is 19.9 Å². The van der Waals surface area contributed by atoms with Gasteiger partial charge in [-0.05, 0) is 49.9 Å². The van der Waals surface area contributed by atoms with E-state index in [0.717, 1.165) is 6.42 Å². The number of carboxylic acid groups (broad SMARTS) is 1. The number of carbonyl (C=O) groups is 1. The summed E-state index contributed by atoms with van der Waals surface area (Å²) in [5, 5.41) is 9.25. The van der Waals surface area contributed by atoms with Gasteiger partial charge in [0.15, 0.2) is 0 Å². The summed E-state index contributed by atoms with van der Waals surface area (Å²) >= 11 is 0. The molecule has 1 fully saturated rings. The molecule has 0 radical (unpaired) electrons. The Kier molecular flexibility index (Phi) is 3.33. The summed E-state index contributed by atoms with van der Waals surface area (Å²) in [6, 6.07) is 0. The van der Waals surface area contributed by atoms with Crippen molar-refractivity contribution in [3.05, 3.63) is 11.6 Å². The number of allylic oxidation sites excluding steroid dienone is 2. The first-order chi connectivity index (χ1) is 7.94. The fourth-order valence-corrected chi connectivity index (χ4v) is 3.84. The lowest BCUT2D eigenvalue weighted by molar-refractivity contribution is -0.145. The smallest absolute Gasteiger partial charge is 0.306 e. The lowest BCUT2D eigenvalue weighted by Crippen LogP contribution is -2.42. The van der Waals surface area contributed by atoms with Gasteiger partial charge in [-0.25, -0.2) is 0 Å². The van der Waals surface area contributed by atoms with Gasteiger partial charge < -0.3 is 5.11 Å². The number of fused-ring (bicyclic) bond motifs is 1. The highest BCUT2D eigenvalue weighted by Crippen LogP contribution is 2.53. The number of carboxylic acids is 1. The summed E-state index contributed by atoms with van der Waals surface area (Å²) in [4.78, 5) is 11.2. The fraction of sp³-hybridized carbons (Fsp3) is 0.800. The minimum Gasteiger partial charge on any atom is -0.481 e. The SMILES string of the molecule is CC1=C[C@@H]2[C@H]([C@H](C)C(=O)O)CCC[C@]2(C)CC1. The molecule has 0 bridgehead atoms. The molecule has 0 aliphatic heterocycles. The maximum atomic E-state index is 11.2. The van der Waals surface area contributed by atoms with E-state index in [1.165, 1.54) is 31.3 Å². The van der Waals surface area contributed by atoms with Gasteiger partial charge in [-0.2, -0.15) is 0 Å². The van der Waals surface area contributed by atoms with Crippen molar-refractivity contribution in [3.63, 3.8) is 0 Å². The van der Waals surface area contributed by atoms with Crippen LogP contribution in [0.2, 0.25) is 0 Å². The van der Waals surface area contributed by atoms with E-state index in [9.17, 15) is 9.90 Å². The molecule has 2 aliphatic rings. The van der Waals surface area contributed by atoms with Gasteiger partial charge >= 0.3 is 5.97 Å². The van der Waals surface area contributed by atoms with Crippen LogP contribution in [0.1, 0.15) is 52.9 Å². The molecule has 0 aromatic rings. The minimum absolute atomic E-state index is 0.207. The lowest BCUT2D eigenvalue weighted by Gasteiger charge is -2.49. The van der Waals surface area contributed by atoms with Crippen molar-refractivity contribution in [1.82, 2.24) is 0 Å². The normalized spacial score (nSPS) is 39.1. The number of hydrogen-bond acceptors (Lipinski definition) is 1. The average Bonchev–Trinajstić information content (AvgIpc) is 2.28. The maximum absolute atomic E-state index is 11.2. The van der Waals surface area contributed by atoms with E-state index in [4.69, 9.17) is 0 Å². The van der Waals surface area contributed by atoms with Crippen molar-refractivity contribution in [2.45, 2.75) is 52.9 Å². The molecule has 0 amide bonds. The first-order valence-electron chi connectivity index (χ1n) is 6.84. The largest absolute Gasteiger partial charge is 0.481 e. The third-order valence-electron chi connectivity index (χ3n) is 5.14. The van der Waals surface area contributed by atoms with Gasteiger partial charge in [0, 0.05) is 0 Å². The van der Waals surface area contributed by atoms with Gasteiger partial charge in [0.1, 0.15) is 0 Å². The van der Waals surface area contributed by atoms with E-state index in [1.807, 2.05) is 6.92 Å². The Balaban J connectivity index is 2.28. The van der Waals surface area contributed by atoms with E-state index in [-0.39, 0.29) is 5.92 Å². The Morgan fingerprint density at radius 2 is 2.24 bits per heavy atom. The Morgan fingerprint density at radius 1 is 1.53 bits per heavy atom. The van der Waals surface area contributed by atoms with Crippen molar-refractivity contribution in [3.8, 4) is 0 Å². The third-order valence-corrected chi connectivity index (χ3v) is 5.14. The fourth-order valence-electron chi connectivity index (χ4n) is 3.84. The van der Waals surface area contributed by atoms with Crippen LogP contribution in [0.25, 0.3) is 0 Å². The Morgan fingerprint density at radius 3 is 2.88 bits per heavy atom. The molecule has 0 saturated heterocycles. The average molecular weight is 236 g/mol. The van der Waals surface area contributed by atoms with E-state index < -0.39 is 5.97 Å². The van der Waals surface area contributed by atoms with Gasteiger partial charge in [-0.1, -0.05) is 31.9 Å². The zero-order valence-corrected chi connectivity index (χ0v) is 11.2. The summed E-state index contributed by atoms with van der Waals surface area (Å²) in [6.07, 6.45) is 8.36. The lowest BCUT2D eigenvalue weighted by atomic mass is 9.56. The van der Waals surface area contributed by atoms with Crippen LogP contribution < -0.4 is 0 Å². The Hall–Kier alpha value is -0.790. The van der Waals surface area contributed by atoms with Crippen LogP contribution in [0.15, 0.2) is 11.6 Å². The molecule has 4 atom stereocenters. The molecule has 2 aliphatic carbocycles. The van der Waals surface area contributed by atoms with Crippen molar-refractivity contribution < 1.29 is 9.90 Å². The molecule has 2 heteroatoms. The quantitative estimate of drug-likeness (QED) is 0.739. The molecule has 0 aromatic carbocycles. The molecule has 96 valence electrons. The predicted molar refractivity (Wildman–Crippen MR) is 68.7 cm³/mol. The minimum atomic E-state index is -0.629. The van der Waals surface area contributed by atoms with Gasteiger partial charge in [-0.3, -0.25) is 4.79 Å². The standard InChI is InChI=1S/C15H24O2/c1-10-6-8-15(3)7-4-5-12(13(15)9-10)11(2)14(16)17/h9,11-13H,4-8H2,1-3H3,(H,16,17)/t11-,12-,13+,15+/m0/s1. The molecule has 0 spiro atoms. The van der Waals surface area contributed by atoms with Crippen molar-refractivity contribution in [2.24, 2.45) is 23.2 Å². The topological polar surface area (TPSA) is 37.3 Å². The van der Waals surface area contributed by atoms with Gasteiger partial charge in [0.05, 0.1) is 5.92 Å². The monoisotopic (exact) mass is 236 g/mol. The summed E-state index contributed by atoms with van der Waals surface area (Å²) in [7, 11) is 0. The Bertz CT molecular complexity index is 345. The molecule has 0 aromatic heterocycles. The molecule has 2 nitrogen and oxygen atoms in total. The second kappa shape index (κ2) is 4.47. The number of hydrogen-bond donors (Lipinski definition) is 1. The number of aliphatic carboxylic acids is 1. The van der Waals surface area contributed by atoms with Gasteiger partial charge in [-0.15, -0.1) is 0 Å². The molecule has 0 unspecified atom stereocenters. The maximum Gasteiger partial charge on any atom is 0.306 e. The zero-order valence-electron chi connectivity index (χ0n) is 11.2. The highest BCUT2D eigenvalue weighted by molar-refractivity contribution is 5.70. The zero-order chi connectivity index (χ0) is 12.6. The second-order valence-corrected chi connectivity index (χ2v) is 6.38. The predicted octanol–water partition coefficient (Wildman–Crippen LogP) is 3.87. The summed E-state index contributed by atoms with van der Waals surface area (Å²) in [6.45, 7) is 6.44. The second-order valence-electron chi connectivity index (χ2n) is 6.38. The van der Waals surface area contributed by atoms with Crippen molar-refractivity contribution >= 4 is 5.97 Å². The van der Waals surface area contributed by atoms with Crippen molar-refractivity contribution in [1.29, 1.82) is 0 Å². The van der Waals surface area contributed by atoms with Crippen LogP contribution in [0.5, 0.6) is 0 Å². The van der Waals surface area contributed by atoms with Gasteiger partial charge in [0.25, 0.3) is 0 Å². The third kappa shape index (κ3) is 2.27. The molecular formula is C15H24O2. The molecule has 1 saturated carbocycles. The van der Waals surface area contributed by atoms with Crippen LogP contribution in [-0.4, -0.2) is 11.1 Å². The number of rotatable bonds is 2. The van der Waals surface area contributed by atoms with Gasteiger partial charge in [0.2, 0.25) is 0 Å². The van der Waals surface area contributed by atoms with Crippen LogP contribution in [-0.2, 0) is 4.79 Å². The van der Waals surface area contributed by atoms with E-state index >= 15 is 0 Å². The van der Waals surface area contributed by atoms with E-state index in [0.29, 0.717) is 17.3 Å². The first-order valence-corrected chi connectivity index (χ1v) is 6.84. The molecule has 2 rings (SSSR count). The van der Waals surface area contributed by atoms with Crippen LogP contribution in [0.4, 0.5) is 0 Å². The summed E-state index contributed by atoms with van der Waals surface area (Å²) in [5.74, 6) is -0.0183. The highest BCUT2D eigenvalue weighted by atomic mass is 16.4. The Labute approximate surface area is 104 Å². The summed E-state index contributed by atoms with van der Waals surface area (Å²) in [5.41, 5.74) is 1.81. The highest BCUT2D eigenvalue weighted by Gasteiger charge is 2.45. The van der Waals surface area contributed by atoms with E-state index in [1.54, 1.807) is 0 Å². The van der Waals surface area contributed by atoms with Crippen LogP contribution in [0, 0.1) is 23.2 Å².